The zero-order valence-corrected chi connectivity index (χ0v) is 5.61. The highest BCUT2D eigenvalue weighted by Gasteiger charge is 2.32. The first kappa shape index (κ1) is 6.17. The smallest absolute Gasteiger partial charge is 0.255 e. The second-order valence-corrected chi connectivity index (χ2v) is 2.69. The monoisotopic (exact) mass is 153 g/mol. The Bertz CT molecular complexity index is 107. The van der Waals surface area contributed by atoms with Crippen molar-refractivity contribution in [1.82, 2.24) is 3.94 Å². The number of amides is 1. The first-order valence-corrected chi connectivity index (χ1v) is 3.05. The van der Waals surface area contributed by atoms with Crippen LogP contribution in [-0.4, -0.2) is 9.85 Å². The molecule has 0 saturated heterocycles. The molecule has 0 N–H and O–H groups in total. The summed E-state index contributed by atoms with van der Waals surface area (Å²) < 4.78 is 0.609. The van der Waals surface area contributed by atoms with Gasteiger partial charge in [-0.25, -0.2) is 0 Å². The minimum Gasteiger partial charge on any atom is -0.272 e. The van der Waals surface area contributed by atoms with Gasteiger partial charge in [-0.2, -0.15) is 3.94 Å². The number of halogens is 2. The third-order valence-corrected chi connectivity index (χ3v) is 1.43. The molecule has 0 atom stereocenters. The Labute approximate surface area is 57.6 Å². The molecule has 0 aliphatic heterocycles. The van der Waals surface area contributed by atoms with Crippen LogP contribution in [0.3, 0.4) is 0 Å². The first-order valence-electron chi connectivity index (χ1n) is 2.37. The molecule has 1 aliphatic carbocycles. The van der Waals surface area contributed by atoms with Crippen LogP contribution in [0.1, 0.15) is 12.8 Å². The van der Waals surface area contributed by atoms with Crippen molar-refractivity contribution >= 4 is 29.5 Å². The van der Waals surface area contributed by atoms with Crippen LogP contribution in [0.2, 0.25) is 0 Å². The Morgan fingerprint density at radius 1 is 1.50 bits per heavy atom. The van der Waals surface area contributed by atoms with Crippen molar-refractivity contribution in [2.45, 2.75) is 12.8 Å². The van der Waals surface area contributed by atoms with E-state index in [-0.39, 0.29) is 11.8 Å². The summed E-state index contributed by atoms with van der Waals surface area (Å²) in [6, 6.07) is 0. The molecule has 0 aromatic carbocycles. The van der Waals surface area contributed by atoms with Gasteiger partial charge in [-0.05, 0) is 12.8 Å². The molecule has 0 aromatic rings. The van der Waals surface area contributed by atoms with Gasteiger partial charge in [0.25, 0.3) is 5.91 Å². The molecule has 8 heavy (non-hydrogen) atoms. The van der Waals surface area contributed by atoms with E-state index in [1.54, 1.807) is 0 Å². The molecule has 46 valence electrons. The van der Waals surface area contributed by atoms with Crippen LogP contribution in [0.25, 0.3) is 0 Å². The quantitative estimate of drug-likeness (QED) is 0.524. The van der Waals surface area contributed by atoms with Gasteiger partial charge in [0.2, 0.25) is 0 Å². The maximum absolute atomic E-state index is 10.6. The van der Waals surface area contributed by atoms with Crippen LogP contribution in [0.15, 0.2) is 0 Å². The minimum absolute atomic E-state index is 0.116. The maximum Gasteiger partial charge on any atom is 0.255 e. The van der Waals surface area contributed by atoms with Crippen molar-refractivity contribution in [1.29, 1.82) is 0 Å². The molecule has 4 heteroatoms. The van der Waals surface area contributed by atoms with Gasteiger partial charge in [0.1, 0.15) is 0 Å². The minimum atomic E-state index is -0.173. The first-order chi connectivity index (χ1) is 3.72. The molecule has 1 aliphatic rings. The fourth-order valence-corrected chi connectivity index (χ4v) is 0.744. The van der Waals surface area contributed by atoms with E-state index in [2.05, 4.69) is 0 Å². The molecule has 0 heterocycles. The van der Waals surface area contributed by atoms with Gasteiger partial charge in [0.15, 0.2) is 0 Å². The summed E-state index contributed by atoms with van der Waals surface area (Å²) in [5.41, 5.74) is 0. The van der Waals surface area contributed by atoms with E-state index in [1.807, 2.05) is 0 Å². The van der Waals surface area contributed by atoms with Crippen molar-refractivity contribution in [3.63, 3.8) is 0 Å². The molecule has 0 radical (unpaired) electrons. The molecule has 1 saturated carbocycles. The lowest BCUT2D eigenvalue weighted by Gasteiger charge is -1.98. The summed E-state index contributed by atoms with van der Waals surface area (Å²) in [6.45, 7) is 0. The van der Waals surface area contributed by atoms with E-state index >= 15 is 0 Å². The van der Waals surface area contributed by atoms with Crippen LogP contribution < -0.4 is 0 Å². The molecule has 0 bridgehead atoms. The number of hydrogen-bond acceptors (Lipinski definition) is 1. The second kappa shape index (κ2) is 2.11. The second-order valence-electron chi connectivity index (χ2n) is 1.85. The standard InChI is InChI=1S/C4H5Cl2NO/c5-7(6)4(8)3-1-2-3/h3H,1-2H2. The third-order valence-electron chi connectivity index (χ3n) is 1.09. The lowest BCUT2D eigenvalue weighted by molar-refractivity contribution is -0.124. The van der Waals surface area contributed by atoms with Gasteiger partial charge in [0.05, 0.1) is 0 Å². The largest absolute Gasteiger partial charge is 0.272 e. The van der Waals surface area contributed by atoms with Crippen molar-refractivity contribution in [2.75, 3.05) is 0 Å². The van der Waals surface area contributed by atoms with Crippen LogP contribution in [0, 0.1) is 5.92 Å². The zero-order chi connectivity index (χ0) is 6.15. The predicted octanol–water partition coefficient (Wildman–Crippen LogP) is 1.53. The lowest BCUT2D eigenvalue weighted by atomic mass is 10.4. The Kier molecular flexibility index (Phi) is 1.63. The lowest BCUT2D eigenvalue weighted by Crippen LogP contribution is -2.12. The summed E-state index contributed by atoms with van der Waals surface area (Å²) in [5.74, 6) is -0.0571. The topological polar surface area (TPSA) is 20.3 Å². The van der Waals surface area contributed by atoms with Crippen molar-refractivity contribution in [3.8, 4) is 0 Å². The van der Waals surface area contributed by atoms with Crippen LogP contribution in [-0.2, 0) is 4.79 Å². The summed E-state index contributed by atoms with van der Waals surface area (Å²) in [6.07, 6.45) is 1.88. The molecule has 2 nitrogen and oxygen atoms in total. The van der Waals surface area contributed by atoms with Gasteiger partial charge in [-0.15, -0.1) is 0 Å². The highest BCUT2D eigenvalue weighted by molar-refractivity contribution is 6.41. The fourth-order valence-electron chi connectivity index (χ4n) is 0.468. The van der Waals surface area contributed by atoms with Gasteiger partial charge in [-0.1, -0.05) is 0 Å². The number of carbonyl (C=O) groups excluding carboxylic acids is 1. The van der Waals surface area contributed by atoms with Gasteiger partial charge in [0, 0.05) is 29.5 Å². The highest BCUT2D eigenvalue weighted by Crippen LogP contribution is 2.31. The van der Waals surface area contributed by atoms with E-state index in [0.29, 0.717) is 3.94 Å². The van der Waals surface area contributed by atoms with Crippen molar-refractivity contribution < 1.29 is 4.79 Å². The number of rotatable bonds is 1. The fraction of sp³-hybridized carbons (Fsp3) is 0.750. The Morgan fingerprint density at radius 3 is 2.12 bits per heavy atom. The van der Waals surface area contributed by atoms with Crippen LogP contribution in [0.5, 0.6) is 0 Å². The Balaban J connectivity index is 2.33. The molecular weight excluding hydrogens is 149 g/mol. The van der Waals surface area contributed by atoms with E-state index in [4.69, 9.17) is 23.6 Å². The highest BCUT2D eigenvalue weighted by atomic mass is 35.5. The SMILES string of the molecule is O=C(C1CC1)N(Cl)Cl. The number of nitrogens with zero attached hydrogens (tertiary/aromatic N) is 1. The predicted molar refractivity (Wildman–Crippen MR) is 31.3 cm³/mol. The molecule has 1 amide bonds. The summed E-state index contributed by atoms with van der Waals surface area (Å²) >= 11 is 10.2. The molecule has 1 fully saturated rings. The van der Waals surface area contributed by atoms with Crippen LogP contribution in [0.4, 0.5) is 0 Å². The number of carbonyl (C=O) groups is 1. The average Bonchev–Trinajstić information content (AvgIpc) is 2.43. The van der Waals surface area contributed by atoms with Crippen LogP contribution >= 0.6 is 23.6 Å². The van der Waals surface area contributed by atoms with Crippen molar-refractivity contribution in [2.24, 2.45) is 5.92 Å². The summed E-state index contributed by atoms with van der Waals surface area (Å²) in [5, 5.41) is 0. The third kappa shape index (κ3) is 1.26. The van der Waals surface area contributed by atoms with Gasteiger partial charge >= 0.3 is 0 Å². The summed E-state index contributed by atoms with van der Waals surface area (Å²) in [7, 11) is 0. The molecular formula is C4H5Cl2NO. The van der Waals surface area contributed by atoms with Gasteiger partial charge in [-0.3, -0.25) is 4.79 Å². The molecule has 0 spiro atoms. The van der Waals surface area contributed by atoms with E-state index < -0.39 is 0 Å². The van der Waals surface area contributed by atoms with E-state index in [9.17, 15) is 4.79 Å². The Hall–Kier alpha value is 0.0500. The molecule has 0 unspecified atom stereocenters. The number of hydrogen-bond donors (Lipinski definition) is 0. The van der Waals surface area contributed by atoms with Crippen molar-refractivity contribution in [3.05, 3.63) is 0 Å². The van der Waals surface area contributed by atoms with E-state index in [0.717, 1.165) is 12.8 Å². The van der Waals surface area contributed by atoms with E-state index in [1.165, 1.54) is 0 Å². The average molecular weight is 154 g/mol. The van der Waals surface area contributed by atoms with Gasteiger partial charge < -0.3 is 0 Å². The molecule has 1 rings (SSSR count). The summed E-state index contributed by atoms with van der Waals surface area (Å²) in [4.78, 5) is 10.6. The molecule has 0 aromatic heterocycles. The maximum atomic E-state index is 10.6. The zero-order valence-electron chi connectivity index (χ0n) is 4.10. The normalized spacial score (nSPS) is 18.2. The Morgan fingerprint density at radius 2 is 2.00 bits per heavy atom.